The molecule has 2 heterocycles. The number of rotatable bonds is 10. The molecule has 0 N–H and O–H groups in total. The van der Waals surface area contributed by atoms with Crippen LogP contribution in [0.15, 0.2) is 65.6 Å². The zero-order valence-electron chi connectivity index (χ0n) is 27.3. The topological polar surface area (TPSA) is 106 Å². The Morgan fingerprint density at radius 2 is 1.59 bits per heavy atom. The van der Waals surface area contributed by atoms with Gasteiger partial charge < -0.3 is 19.1 Å². The van der Waals surface area contributed by atoms with Crippen LogP contribution < -0.4 is 18.5 Å². The van der Waals surface area contributed by atoms with Crippen LogP contribution in [0.2, 0.25) is 5.02 Å². The maximum absolute atomic E-state index is 15.4. The first kappa shape index (κ1) is 38.0. The zero-order valence-corrected chi connectivity index (χ0v) is 28.9. The molecule has 3 aromatic rings. The lowest BCUT2D eigenvalue weighted by Crippen LogP contribution is -2.62. The molecule has 5 rings (SSSR count). The lowest BCUT2D eigenvalue weighted by Gasteiger charge is -2.47. The number of alkyl halides is 6. The lowest BCUT2D eigenvalue weighted by molar-refractivity contribution is -0.154. The van der Waals surface area contributed by atoms with Crippen molar-refractivity contribution in [2.24, 2.45) is 0 Å². The summed E-state index contributed by atoms with van der Waals surface area (Å²) in [6, 6.07) is 11.2. The first-order valence-corrected chi connectivity index (χ1v) is 17.2. The van der Waals surface area contributed by atoms with Gasteiger partial charge in [-0.3, -0.25) is 14.5 Å². The van der Waals surface area contributed by atoms with Gasteiger partial charge >= 0.3 is 12.4 Å². The highest BCUT2D eigenvalue weighted by Gasteiger charge is 2.62. The SMILES string of the molecule is COc1ccccc1C1(N2CCCC[C@H]2C(=O)N(C)C)C(=O)N(S(=O)(=O)c2cc(OCC(F)(F)F)ccc2OCC(F)(F)F)c2ccc(Cl)cc21. The fraction of sp³-hybridized carbons (Fsp3) is 0.394. The maximum Gasteiger partial charge on any atom is 0.422 e. The summed E-state index contributed by atoms with van der Waals surface area (Å²) >= 11 is 6.49. The molecular formula is C33H32ClF6N3O7S. The molecule has 10 nitrogen and oxygen atoms in total. The molecule has 51 heavy (non-hydrogen) atoms. The average Bonchev–Trinajstić information content (AvgIpc) is 3.33. The number of hydrogen-bond acceptors (Lipinski definition) is 8. The minimum Gasteiger partial charge on any atom is -0.496 e. The standard InChI is InChI=1S/C33H32ClF6N3O7S/c1-41(2)29(44)25-9-6-7-15-42(25)33(22-8-4-5-10-26(22)48-3)23-16-20(34)11-13-24(23)43(30(33)45)51(46,47)28-17-21(49-18-31(35,36)37)12-14-27(28)50-19-32(38,39)40/h4-5,8,10-14,16-17,25H,6-7,9,15,18-19H2,1-3H3/t25-,33?/m0/s1. The van der Waals surface area contributed by atoms with Crippen LogP contribution in [0, 0.1) is 0 Å². The predicted molar refractivity (Wildman–Crippen MR) is 172 cm³/mol. The monoisotopic (exact) mass is 763 g/mol. The molecule has 18 heteroatoms. The van der Waals surface area contributed by atoms with E-state index in [4.69, 9.17) is 25.8 Å². The smallest absolute Gasteiger partial charge is 0.422 e. The Kier molecular flexibility index (Phi) is 10.5. The summed E-state index contributed by atoms with van der Waals surface area (Å²) in [6.07, 6.45) is -8.45. The number of ether oxygens (including phenoxy) is 3. The Morgan fingerprint density at radius 3 is 2.24 bits per heavy atom. The predicted octanol–water partition coefficient (Wildman–Crippen LogP) is 6.15. The molecule has 0 aromatic heterocycles. The van der Waals surface area contributed by atoms with Crippen molar-refractivity contribution in [1.82, 2.24) is 9.80 Å². The van der Waals surface area contributed by atoms with E-state index in [1.807, 2.05) is 0 Å². The van der Waals surface area contributed by atoms with E-state index in [9.17, 15) is 39.6 Å². The average molecular weight is 764 g/mol. The summed E-state index contributed by atoms with van der Waals surface area (Å²) in [5.41, 5.74) is -2.27. The number of likely N-dealkylation sites (tertiary alicyclic amines) is 1. The number of benzene rings is 3. The zero-order chi connectivity index (χ0) is 37.5. The van der Waals surface area contributed by atoms with Crippen molar-refractivity contribution >= 4 is 39.1 Å². The molecular weight excluding hydrogens is 732 g/mol. The van der Waals surface area contributed by atoms with E-state index >= 15 is 4.79 Å². The molecule has 0 aliphatic carbocycles. The van der Waals surface area contributed by atoms with Crippen LogP contribution in [0.3, 0.4) is 0 Å². The van der Waals surface area contributed by atoms with Crippen LogP contribution in [-0.4, -0.2) is 89.4 Å². The van der Waals surface area contributed by atoms with Gasteiger partial charge in [0.1, 0.15) is 22.1 Å². The molecule has 1 unspecified atom stereocenters. The third-order valence-electron chi connectivity index (χ3n) is 8.44. The van der Waals surface area contributed by atoms with Crippen molar-refractivity contribution in [2.45, 2.75) is 48.1 Å². The van der Waals surface area contributed by atoms with E-state index in [0.717, 1.165) is 6.07 Å². The van der Waals surface area contributed by atoms with Gasteiger partial charge in [0.2, 0.25) is 5.91 Å². The van der Waals surface area contributed by atoms with Gasteiger partial charge in [-0.1, -0.05) is 36.2 Å². The number of anilines is 1. The van der Waals surface area contributed by atoms with E-state index in [-0.39, 0.29) is 46.5 Å². The molecule has 1 saturated heterocycles. The lowest BCUT2D eigenvalue weighted by atomic mass is 9.78. The second-order valence-corrected chi connectivity index (χ2v) is 14.2. The number of halogens is 7. The number of likely N-dealkylation sites (N-methyl/N-ethyl adjacent to an activating group) is 1. The minimum atomic E-state index is -5.36. The summed E-state index contributed by atoms with van der Waals surface area (Å²) in [5.74, 6) is -3.03. The Hall–Kier alpha value is -4.22. The van der Waals surface area contributed by atoms with Gasteiger partial charge in [-0.15, -0.1) is 0 Å². The van der Waals surface area contributed by atoms with Crippen LogP contribution in [0.25, 0.3) is 0 Å². The van der Waals surface area contributed by atoms with E-state index < -0.39 is 69.5 Å². The number of amides is 2. The molecule has 0 spiro atoms. The number of methoxy groups -OCH3 is 1. The molecule has 2 aliphatic heterocycles. The van der Waals surface area contributed by atoms with Gasteiger partial charge in [0, 0.05) is 42.9 Å². The summed E-state index contributed by atoms with van der Waals surface area (Å²) in [7, 11) is -0.974. The second-order valence-electron chi connectivity index (χ2n) is 12.0. The third kappa shape index (κ3) is 7.28. The van der Waals surface area contributed by atoms with Gasteiger partial charge in [-0.25, -0.2) is 12.7 Å². The highest BCUT2D eigenvalue weighted by molar-refractivity contribution is 7.93. The second kappa shape index (κ2) is 14.1. The number of carbonyl (C=O) groups is 2. The van der Waals surface area contributed by atoms with Crippen LogP contribution in [0.4, 0.5) is 32.0 Å². The van der Waals surface area contributed by atoms with E-state index in [0.29, 0.717) is 29.3 Å². The number of sulfonamides is 1. The van der Waals surface area contributed by atoms with Crippen LogP contribution in [0.1, 0.15) is 30.4 Å². The molecule has 0 bridgehead atoms. The number of nitrogens with zero attached hydrogens (tertiary/aromatic N) is 3. The molecule has 2 atom stereocenters. The van der Waals surface area contributed by atoms with Crippen molar-refractivity contribution in [3.63, 3.8) is 0 Å². The van der Waals surface area contributed by atoms with Gasteiger partial charge in [-0.2, -0.15) is 26.3 Å². The van der Waals surface area contributed by atoms with Crippen molar-refractivity contribution < 1.29 is 58.6 Å². The molecule has 276 valence electrons. The maximum atomic E-state index is 15.4. The van der Waals surface area contributed by atoms with E-state index in [1.54, 1.807) is 17.0 Å². The van der Waals surface area contributed by atoms with Crippen molar-refractivity contribution in [3.8, 4) is 17.2 Å². The summed E-state index contributed by atoms with van der Waals surface area (Å²) in [5, 5.41) is 0.0734. The number of para-hydroxylation sites is 1. The van der Waals surface area contributed by atoms with E-state index in [1.165, 1.54) is 56.4 Å². The van der Waals surface area contributed by atoms with Crippen LogP contribution in [0.5, 0.6) is 17.2 Å². The highest BCUT2D eigenvalue weighted by atomic mass is 35.5. The molecule has 0 saturated carbocycles. The van der Waals surface area contributed by atoms with Crippen molar-refractivity contribution in [1.29, 1.82) is 0 Å². The number of carbonyl (C=O) groups excluding carboxylic acids is 2. The Balaban J connectivity index is 1.81. The first-order chi connectivity index (χ1) is 23.8. The summed E-state index contributed by atoms with van der Waals surface area (Å²) in [6.45, 7) is -3.72. The van der Waals surface area contributed by atoms with Crippen LogP contribution >= 0.6 is 11.6 Å². The van der Waals surface area contributed by atoms with Crippen LogP contribution in [-0.2, 0) is 25.2 Å². The molecule has 2 amide bonds. The first-order valence-electron chi connectivity index (χ1n) is 15.4. The Labute approximate surface area is 294 Å². The largest absolute Gasteiger partial charge is 0.496 e. The Morgan fingerprint density at radius 1 is 0.922 bits per heavy atom. The van der Waals surface area contributed by atoms with Crippen molar-refractivity contribution in [2.75, 3.05) is 45.3 Å². The van der Waals surface area contributed by atoms with E-state index in [2.05, 4.69) is 0 Å². The molecule has 1 fully saturated rings. The number of fused-ring (bicyclic) bond motifs is 1. The molecule has 0 radical (unpaired) electrons. The van der Waals surface area contributed by atoms with Gasteiger partial charge in [-0.05, 0) is 49.2 Å². The van der Waals surface area contributed by atoms with Gasteiger partial charge in [0.15, 0.2) is 18.8 Å². The minimum absolute atomic E-state index is 0.00812. The number of piperidine rings is 1. The van der Waals surface area contributed by atoms with Crippen molar-refractivity contribution in [3.05, 3.63) is 76.8 Å². The third-order valence-corrected chi connectivity index (χ3v) is 10.4. The fourth-order valence-electron chi connectivity index (χ4n) is 6.43. The molecule has 2 aliphatic rings. The number of hydrogen-bond donors (Lipinski definition) is 0. The Bertz CT molecular complexity index is 1930. The summed E-state index contributed by atoms with van der Waals surface area (Å²) < 4.78 is 124. The normalized spacial score (nSPS) is 19.8. The van der Waals surface area contributed by atoms with Gasteiger partial charge in [0.05, 0.1) is 18.8 Å². The van der Waals surface area contributed by atoms with Gasteiger partial charge in [0.25, 0.3) is 15.9 Å². The summed E-state index contributed by atoms with van der Waals surface area (Å²) in [4.78, 5) is 30.9. The molecule has 3 aromatic carbocycles. The fourth-order valence-corrected chi connectivity index (χ4v) is 8.22. The highest BCUT2D eigenvalue weighted by Crippen LogP contribution is 2.55. The quantitative estimate of drug-likeness (QED) is 0.227.